The van der Waals surface area contributed by atoms with E-state index >= 15 is 0 Å². The fourth-order valence-electron chi connectivity index (χ4n) is 3.20. The standard InChI is InChI=1S/C17H23N3O/c1-18-10-9-17(21)20-11-5-4-8-16(20)15-12-13-6-2-3-7-14(13)19-15/h2-3,6-7,12,16,18-19H,4-5,8-11H2,1H3. The van der Waals surface area contributed by atoms with Crippen molar-refractivity contribution in [3.8, 4) is 0 Å². The molecule has 1 atom stereocenters. The number of fused-ring (bicyclic) bond motifs is 1. The minimum Gasteiger partial charge on any atom is -0.357 e. The Morgan fingerprint density at radius 3 is 3.05 bits per heavy atom. The molecule has 4 nitrogen and oxygen atoms in total. The van der Waals surface area contributed by atoms with E-state index < -0.39 is 0 Å². The smallest absolute Gasteiger partial charge is 0.224 e. The number of carbonyl (C=O) groups is 1. The third-order valence-corrected chi connectivity index (χ3v) is 4.32. The van der Waals surface area contributed by atoms with Crippen LogP contribution in [0.4, 0.5) is 0 Å². The number of hydrogen-bond donors (Lipinski definition) is 2. The van der Waals surface area contributed by atoms with Crippen LogP contribution in [-0.4, -0.2) is 35.9 Å². The van der Waals surface area contributed by atoms with E-state index in [9.17, 15) is 4.79 Å². The highest BCUT2D eigenvalue weighted by Crippen LogP contribution is 2.32. The van der Waals surface area contributed by atoms with Crippen LogP contribution in [-0.2, 0) is 4.79 Å². The lowest BCUT2D eigenvalue weighted by Crippen LogP contribution is -2.39. The zero-order valence-corrected chi connectivity index (χ0v) is 12.6. The Kier molecular flexibility index (Phi) is 4.25. The average molecular weight is 285 g/mol. The first-order valence-corrected chi connectivity index (χ1v) is 7.81. The topological polar surface area (TPSA) is 48.1 Å². The number of amides is 1. The van der Waals surface area contributed by atoms with Gasteiger partial charge in [-0.25, -0.2) is 0 Å². The largest absolute Gasteiger partial charge is 0.357 e. The molecule has 1 aromatic heterocycles. The van der Waals surface area contributed by atoms with Gasteiger partial charge in [0, 0.05) is 30.7 Å². The van der Waals surface area contributed by atoms with Crippen LogP contribution in [0.15, 0.2) is 30.3 Å². The summed E-state index contributed by atoms with van der Waals surface area (Å²) >= 11 is 0. The van der Waals surface area contributed by atoms with Crippen molar-refractivity contribution in [2.75, 3.05) is 20.1 Å². The lowest BCUT2D eigenvalue weighted by atomic mass is 9.98. The van der Waals surface area contributed by atoms with Gasteiger partial charge >= 0.3 is 0 Å². The van der Waals surface area contributed by atoms with E-state index in [1.165, 1.54) is 17.5 Å². The second-order valence-corrected chi connectivity index (χ2v) is 5.76. The molecule has 1 amide bonds. The maximum absolute atomic E-state index is 12.4. The summed E-state index contributed by atoms with van der Waals surface area (Å²) < 4.78 is 0. The fourth-order valence-corrected chi connectivity index (χ4v) is 3.20. The number of nitrogens with one attached hydrogen (secondary N) is 2. The maximum atomic E-state index is 12.4. The Morgan fingerprint density at radius 2 is 2.24 bits per heavy atom. The van der Waals surface area contributed by atoms with Crippen LogP contribution >= 0.6 is 0 Å². The van der Waals surface area contributed by atoms with Gasteiger partial charge < -0.3 is 15.2 Å². The monoisotopic (exact) mass is 285 g/mol. The van der Waals surface area contributed by atoms with Gasteiger partial charge in [0.05, 0.1) is 6.04 Å². The third kappa shape index (κ3) is 2.95. The molecule has 21 heavy (non-hydrogen) atoms. The molecule has 1 fully saturated rings. The van der Waals surface area contributed by atoms with Crippen molar-refractivity contribution in [1.82, 2.24) is 15.2 Å². The molecule has 4 heteroatoms. The van der Waals surface area contributed by atoms with Gasteiger partial charge in [0.2, 0.25) is 5.91 Å². The van der Waals surface area contributed by atoms with Crippen molar-refractivity contribution < 1.29 is 4.79 Å². The fraction of sp³-hybridized carbons (Fsp3) is 0.471. The SMILES string of the molecule is CNCCC(=O)N1CCCCC1c1cc2ccccc2[nH]1. The minimum atomic E-state index is 0.204. The number of likely N-dealkylation sites (tertiary alicyclic amines) is 1. The van der Waals surface area contributed by atoms with E-state index in [-0.39, 0.29) is 11.9 Å². The normalized spacial score (nSPS) is 19.1. The number of benzene rings is 1. The summed E-state index contributed by atoms with van der Waals surface area (Å²) in [6.45, 7) is 1.62. The second kappa shape index (κ2) is 6.31. The van der Waals surface area contributed by atoms with E-state index in [4.69, 9.17) is 0 Å². The molecule has 112 valence electrons. The zero-order valence-electron chi connectivity index (χ0n) is 12.6. The van der Waals surface area contributed by atoms with E-state index in [1.54, 1.807) is 0 Å². The summed E-state index contributed by atoms with van der Waals surface area (Å²) in [7, 11) is 1.89. The first-order chi connectivity index (χ1) is 10.3. The molecule has 0 aliphatic carbocycles. The highest BCUT2D eigenvalue weighted by molar-refractivity contribution is 5.81. The van der Waals surface area contributed by atoms with Crippen LogP contribution in [0.1, 0.15) is 37.4 Å². The number of aromatic nitrogens is 1. The molecular formula is C17H23N3O. The second-order valence-electron chi connectivity index (χ2n) is 5.76. The van der Waals surface area contributed by atoms with Gasteiger partial charge in [-0.3, -0.25) is 4.79 Å². The summed E-state index contributed by atoms with van der Waals surface area (Å²) in [4.78, 5) is 18.0. The highest BCUT2D eigenvalue weighted by atomic mass is 16.2. The Morgan fingerprint density at radius 1 is 1.38 bits per heavy atom. The van der Waals surface area contributed by atoms with E-state index in [2.05, 4.69) is 39.5 Å². The number of rotatable bonds is 4. The number of H-pyrrole nitrogens is 1. The lowest BCUT2D eigenvalue weighted by Gasteiger charge is -2.35. The molecule has 0 bridgehead atoms. The number of para-hydroxylation sites is 1. The Hall–Kier alpha value is -1.81. The molecule has 2 heterocycles. The van der Waals surface area contributed by atoms with Gasteiger partial charge in [-0.1, -0.05) is 18.2 Å². The molecule has 2 N–H and O–H groups in total. The summed E-state index contributed by atoms with van der Waals surface area (Å²) in [5, 5.41) is 4.28. The summed E-state index contributed by atoms with van der Waals surface area (Å²) in [5.41, 5.74) is 2.33. The van der Waals surface area contributed by atoms with Gasteiger partial charge in [-0.15, -0.1) is 0 Å². The van der Waals surface area contributed by atoms with Gasteiger partial charge in [-0.05, 0) is 43.8 Å². The van der Waals surface area contributed by atoms with E-state index in [1.807, 2.05) is 13.1 Å². The van der Waals surface area contributed by atoms with Gasteiger partial charge in [0.15, 0.2) is 0 Å². The van der Waals surface area contributed by atoms with Crippen LogP contribution in [0.3, 0.4) is 0 Å². The van der Waals surface area contributed by atoms with E-state index in [0.717, 1.165) is 31.4 Å². The Balaban J connectivity index is 1.84. The molecule has 0 spiro atoms. The van der Waals surface area contributed by atoms with Crippen LogP contribution in [0.2, 0.25) is 0 Å². The number of piperidine rings is 1. The van der Waals surface area contributed by atoms with Crippen LogP contribution in [0.25, 0.3) is 10.9 Å². The number of aromatic amines is 1. The molecule has 1 saturated heterocycles. The molecule has 3 rings (SSSR count). The Labute approximate surface area is 125 Å². The van der Waals surface area contributed by atoms with Crippen LogP contribution in [0, 0.1) is 0 Å². The van der Waals surface area contributed by atoms with Crippen molar-refractivity contribution in [2.45, 2.75) is 31.7 Å². The molecule has 1 aliphatic rings. The first-order valence-electron chi connectivity index (χ1n) is 7.81. The number of hydrogen-bond acceptors (Lipinski definition) is 2. The molecule has 1 unspecified atom stereocenters. The maximum Gasteiger partial charge on any atom is 0.224 e. The average Bonchev–Trinajstić information content (AvgIpc) is 2.96. The molecule has 0 saturated carbocycles. The summed E-state index contributed by atoms with van der Waals surface area (Å²) in [6.07, 6.45) is 3.93. The van der Waals surface area contributed by atoms with Crippen LogP contribution < -0.4 is 5.32 Å². The number of nitrogens with zero attached hydrogens (tertiary/aromatic N) is 1. The third-order valence-electron chi connectivity index (χ3n) is 4.32. The Bertz CT molecular complexity index is 586. The lowest BCUT2D eigenvalue weighted by molar-refractivity contribution is -0.135. The molecular weight excluding hydrogens is 262 g/mol. The molecule has 1 aromatic carbocycles. The summed E-state index contributed by atoms with van der Waals surface area (Å²) in [6, 6.07) is 10.7. The zero-order chi connectivity index (χ0) is 14.7. The first kappa shape index (κ1) is 14.1. The van der Waals surface area contributed by atoms with Crippen LogP contribution in [0.5, 0.6) is 0 Å². The highest BCUT2D eigenvalue weighted by Gasteiger charge is 2.28. The van der Waals surface area contributed by atoms with Gasteiger partial charge in [0.25, 0.3) is 0 Å². The van der Waals surface area contributed by atoms with E-state index in [0.29, 0.717) is 6.42 Å². The number of carbonyl (C=O) groups excluding carboxylic acids is 1. The molecule has 0 radical (unpaired) electrons. The van der Waals surface area contributed by atoms with Crippen molar-refractivity contribution in [3.63, 3.8) is 0 Å². The van der Waals surface area contributed by atoms with Gasteiger partial charge in [0.1, 0.15) is 0 Å². The van der Waals surface area contributed by atoms with Crippen molar-refractivity contribution in [2.24, 2.45) is 0 Å². The predicted molar refractivity (Wildman–Crippen MR) is 85.1 cm³/mol. The summed E-state index contributed by atoms with van der Waals surface area (Å²) in [5.74, 6) is 0.257. The van der Waals surface area contributed by atoms with Crippen molar-refractivity contribution in [1.29, 1.82) is 0 Å². The van der Waals surface area contributed by atoms with Crippen molar-refractivity contribution >= 4 is 16.8 Å². The molecule has 1 aliphatic heterocycles. The predicted octanol–water partition coefficient (Wildman–Crippen LogP) is 2.83. The molecule has 2 aromatic rings. The quantitative estimate of drug-likeness (QED) is 0.907. The van der Waals surface area contributed by atoms with Crippen molar-refractivity contribution in [3.05, 3.63) is 36.0 Å². The van der Waals surface area contributed by atoms with Gasteiger partial charge in [-0.2, -0.15) is 0 Å². The minimum absolute atomic E-state index is 0.204.